The molecule has 0 unspecified atom stereocenters. The summed E-state index contributed by atoms with van der Waals surface area (Å²) in [7, 11) is 0. The Morgan fingerprint density at radius 1 is 1.20 bits per heavy atom. The van der Waals surface area contributed by atoms with E-state index in [-0.39, 0.29) is 17.7 Å². The van der Waals surface area contributed by atoms with Crippen molar-refractivity contribution in [3.05, 3.63) is 48.0 Å². The van der Waals surface area contributed by atoms with Crippen LogP contribution in [0.3, 0.4) is 0 Å². The van der Waals surface area contributed by atoms with Crippen molar-refractivity contribution in [2.75, 3.05) is 5.32 Å². The van der Waals surface area contributed by atoms with Crippen molar-refractivity contribution in [1.29, 1.82) is 0 Å². The van der Waals surface area contributed by atoms with Crippen LogP contribution in [-0.2, 0) is 0 Å². The summed E-state index contributed by atoms with van der Waals surface area (Å²) in [6.45, 7) is 0. The highest BCUT2D eigenvalue weighted by Crippen LogP contribution is 2.30. The van der Waals surface area contributed by atoms with Gasteiger partial charge in [-0.15, -0.1) is 0 Å². The van der Waals surface area contributed by atoms with Crippen LogP contribution < -0.4 is 5.32 Å². The van der Waals surface area contributed by atoms with Crippen LogP contribution in [0.25, 0.3) is 11.0 Å². The first-order chi connectivity index (χ1) is 12.1. The highest BCUT2D eigenvalue weighted by Gasteiger charge is 2.22. The first-order valence-electron chi connectivity index (χ1n) is 8.23. The highest BCUT2D eigenvalue weighted by molar-refractivity contribution is 6.04. The van der Waals surface area contributed by atoms with E-state index in [0.29, 0.717) is 22.4 Å². The number of hydrogen-bond donors (Lipinski definition) is 2. The van der Waals surface area contributed by atoms with Crippen LogP contribution in [0.15, 0.2) is 40.9 Å². The van der Waals surface area contributed by atoms with Gasteiger partial charge in [0.2, 0.25) is 5.76 Å². The SMILES string of the molecule is O=C(O)c1cc2cc(NC(=O)c3ccnn3C3CCCC3)ccc2o1. The fraction of sp³-hybridized carbons (Fsp3) is 0.278. The van der Waals surface area contributed by atoms with Gasteiger partial charge < -0.3 is 14.8 Å². The van der Waals surface area contributed by atoms with Gasteiger partial charge in [0.25, 0.3) is 5.91 Å². The second-order valence-electron chi connectivity index (χ2n) is 6.22. The number of fused-ring (bicyclic) bond motifs is 1. The summed E-state index contributed by atoms with van der Waals surface area (Å²) >= 11 is 0. The highest BCUT2D eigenvalue weighted by atomic mass is 16.4. The third-order valence-electron chi connectivity index (χ3n) is 4.56. The summed E-state index contributed by atoms with van der Waals surface area (Å²) in [6, 6.07) is 8.46. The molecule has 128 valence electrons. The minimum Gasteiger partial charge on any atom is -0.475 e. The van der Waals surface area contributed by atoms with E-state index in [1.54, 1.807) is 35.1 Å². The maximum absolute atomic E-state index is 12.6. The van der Waals surface area contributed by atoms with Gasteiger partial charge in [0, 0.05) is 17.3 Å². The molecule has 0 spiro atoms. The van der Waals surface area contributed by atoms with Crippen molar-refractivity contribution in [3.8, 4) is 0 Å². The Balaban J connectivity index is 1.57. The molecule has 1 aromatic carbocycles. The van der Waals surface area contributed by atoms with Crippen LogP contribution in [0.2, 0.25) is 0 Å². The molecular weight excluding hydrogens is 322 g/mol. The fourth-order valence-electron chi connectivity index (χ4n) is 3.36. The Labute approximate surface area is 143 Å². The van der Waals surface area contributed by atoms with Crippen molar-refractivity contribution in [3.63, 3.8) is 0 Å². The zero-order valence-electron chi connectivity index (χ0n) is 13.4. The predicted molar refractivity (Wildman–Crippen MR) is 90.9 cm³/mol. The summed E-state index contributed by atoms with van der Waals surface area (Å²) in [6.07, 6.45) is 6.05. The number of benzene rings is 1. The molecule has 7 nitrogen and oxygen atoms in total. The molecule has 0 radical (unpaired) electrons. The van der Waals surface area contributed by atoms with Crippen LogP contribution in [0.4, 0.5) is 5.69 Å². The first kappa shape index (κ1) is 15.4. The number of hydrogen-bond acceptors (Lipinski definition) is 4. The zero-order chi connectivity index (χ0) is 17.4. The molecule has 2 heterocycles. The maximum atomic E-state index is 12.6. The van der Waals surface area contributed by atoms with Gasteiger partial charge in [-0.1, -0.05) is 12.8 Å². The summed E-state index contributed by atoms with van der Waals surface area (Å²) in [4.78, 5) is 23.6. The molecular formula is C18H17N3O4. The van der Waals surface area contributed by atoms with Crippen LogP contribution in [0.1, 0.15) is 52.8 Å². The topological polar surface area (TPSA) is 97.4 Å². The van der Waals surface area contributed by atoms with Gasteiger partial charge in [0.1, 0.15) is 11.3 Å². The Kier molecular flexibility index (Phi) is 3.76. The number of amides is 1. The van der Waals surface area contributed by atoms with Gasteiger partial charge in [-0.3, -0.25) is 9.48 Å². The molecule has 7 heteroatoms. The number of carboxylic acids is 1. The number of nitrogens with zero attached hydrogens (tertiary/aromatic N) is 2. The first-order valence-corrected chi connectivity index (χ1v) is 8.23. The summed E-state index contributed by atoms with van der Waals surface area (Å²) in [5, 5.41) is 16.8. The average molecular weight is 339 g/mol. The molecule has 4 rings (SSSR count). The molecule has 1 aliphatic carbocycles. The van der Waals surface area contributed by atoms with Crippen molar-refractivity contribution >= 4 is 28.5 Å². The number of aromatic nitrogens is 2. The number of nitrogens with one attached hydrogen (secondary N) is 1. The average Bonchev–Trinajstić information content (AvgIpc) is 3.32. The Morgan fingerprint density at radius 2 is 2.00 bits per heavy atom. The van der Waals surface area contributed by atoms with Gasteiger partial charge in [-0.2, -0.15) is 5.10 Å². The molecule has 2 aromatic heterocycles. The van der Waals surface area contributed by atoms with E-state index in [4.69, 9.17) is 9.52 Å². The monoisotopic (exact) mass is 339 g/mol. The number of carbonyl (C=O) groups excluding carboxylic acids is 1. The number of carbonyl (C=O) groups is 2. The third-order valence-corrected chi connectivity index (χ3v) is 4.56. The van der Waals surface area contributed by atoms with E-state index in [1.807, 2.05) is 0 Å². The Hall–Kier alpha value is -3.09. The largest absolute Gasteiger partial charge is 0.475 e. The lowest BCUT2D eigenvalue weighted by molar-refractivity contribution is 0.0665. The van der Waals surface area contributed by atoms with Gasteiger partial charge >= 0.3 is 5.97 Å². The molecule has 2 N–H and O–H groups in total. The number of furan rings is 1. The predicted octanol–water partition coefficient (Wildman–Crippen LogP) is 3.69. The minimum absolute atomic E-state index is 0.127. The molecule has 0 bridgehead atoms. The molecule has 1 fully saturated rings. The van der Waals surface area contributed by atoms with Gasteiger partial charge in [-0.05, 0) is 43.2 Å². The number of aromatic carboxylic acids is 1. The number of carboxylic acid groups (broad SMARTS) is 1. The van der Waals surface area contributed by atoms with E-state index >= 15 is 0 Å². The fourth-order valence-corrected chi connectivity index (χ4v) is 3.36. The number of rotatable bonds is 4. The minimum atomic E-state index is -1.12. The Bertz CT molecular complexity index is 950. The lowest BCUT2D eigenvalue weighted by atomic mass is 10.2. The van der Waals surface area contributed by atoms with E-state index in [2.05, 4.69) is 10.4 Å². The van der Waals surface area contributed by atoms with Crippen molar-refractivity contribution < 1.29 is 19.1 Å². The smallest absolute Gasteiger partial charge is 0.371 e. The normalized spacial score (nSPS) is 14.9. The van der Waals surface area contributed by atoms with E-state index in [1.165, 1.54) is 6.07 Å². The molecule has 25 heavy (non-hydrogen) atoms. The second-order valence-corrected chi connectivity index (χ2v) is 6.22. The molecule has 1 saturated carbocycles. The lowest BCUT2D eigenvalue weighted by Crippen LogP contribution is -2.20. The zero-order valence-corrected chi connectivity index (χ0v) is 13.4. The molecule has 0 atom stereocenters. The quantitative estimate of drug-likeness (QED) is 0.755. The summed E-state index contributed by atoms with van der Waals surface area (Å²) in [5.74, 6) is -1.48. The maximum Gasteiger partial charge on any atom is 0.371 e. The molecule has 1 amide bonds. The Morgan fingerprint density at radius 3 is 2.76 bits per heavy atom. The van der Waals surface area contributed by atoms with E-state index in [0.717, 1.165) is 25.7 Å². The van der Waals surface area contributed by atoms with Crippen molar-refractivity contribution in [2.24, 2.45) is 0 Å². The molecule has 0 aliphatic heterocycles. The lowest BCUT2D eigenvalue weighted by Gasteiger charge is -2.14. The van der Waals surface area contributed by atoms with Crippen LogP contribution >= 0.6 is 0 Å². The second kappa shape index (κ2) is 6.08. The van der Waals surface area contributed by atoms with Crippen LogP contribution in [0.5, 0.6) is 0 Å². The summed E-state index contributed by atoms with van der Waals surface area (Å²) < 4.78 is 7.03. The molecule has 1 aliphatic rings. The molecule has 3 aromatic rings. The van der Waals surface area contributed by atoms with E-state index < -0.39 is 5.97 Å². The van der Waals surface area contributed by atoms with E-state index in [9.17, 15) is 9.59 Å². The standard InChI is InChI=1S/C18H17N3O4/c22-17(14-7-8-19-21(14)13-3-1-2-4-13)20-12-5-6-15-11(9-12)10-16(25-15)18(23)24/h5-10,13H,1-4H2,(H,20,22)(H,23,24). The third kappa shape index (κ3) is 2.88. The number of anilines is 1. The van der Waals surface area contributed by atoms with Crippen LogP contribution in [0, 0.1) is 0 Å². The van der Waals surface area contributed by atoms with Gasteiger partial charge in [0.15, 0.2) is 0 Å². The van der Waals surface area contributed by atoms with Crippen molar-refractivity contribution in [2.45, 2.75) is 31.7 Å². The van der Waals surface area contributed by atoms with Gasteiger partial charge in [-0.25, -0.2) is 4.79 Å². The van der Waals surface area contributed by atoms with Crippen LogP contribution in [-0.4, -0.2) is 26.8 Å². The van der Waals surface area contributed by atoms with Crippen molar-refractivity contribution in [1.82, 2.24) is 9.78 Å². The molecule has 0 saturated heterocycles. The van der Waals surface area contributed by atoms with Gasteiger partial charge in [0.05, 0.1) is 6.04 Å². The summed E-state index contributed by atoms with van der Waals surface area (Å²) in [5.41, 5.74) is 1.58.